The third-order valence-electron chi connectivity index (χ3n) is 2.08. The maximum Gasteiger partial charge on any atom is 0.307 e. The smallest absolute Gasteiger partial charge is 0.307 e. The van der Waals surface area contributed by atoms with Crippen LogP contribution in [0.25, 0.3) is 17.0 Å². The molecular weight excluding hydrogens is 192 g/mol. The van der Waals surface area contributed by atoms with Gasteiger partial charge in [0, 0.05) is 5.39 Å². The number of benzene rings is 1. The van der Waals surface area contributed by atoms with E-state index in [1.165, 1.54) is 0 Å². The van der Waals surface area contributed by atoms with E-state index in [0.717, 1.165) is 16.5 Å². The molecule has 0 aliphatic heterocycles. The lowest BCUT2D eigenvalue weighted by Gasteiger charge is -1.92. The molecule has 0 aliphatic rings. The van der Waals surface area contributed by atoms with Crippen LogP contribution in [-0.4, -0.2) is 11.1 Å². The summed E-state index contributed by atoms with van der Waals surface area (Å²) >= 11 is 0. The van der Waals surface area contributed by atoms with Crippen LogP contribution in [0.4, 0.5) is 0 Å². The second kappa shape index (κ2) is 4.00. The van der Waals surface area contributed by atoms with Crippen LogP contribution in [-0.2, 0) is 4.79 Å². The molecule has 0 fully saturated rings. The van der Waals surface area contributed by atoms with Crippen LogP contribution in [0, 0.1) is 0 Å². The first-order valence-corrected chi connectivity index (χ1v) is 4.61. The lowest BCUT2D eigenvalue weighted by atomic mass is 10.1. The number of aliphatic carboxylic acids is 1. The molecule has 0 spiro atoms. The van der Waals surface area contributed by atoms with Gasteiger partial charge in [0.1, 0.15) is 5.58 Å². The third-order valence-corrected chi connectivity index (χ3v) is 2.08. The molecule has 15 heavy (non-hydrogen) atoms. The lowest BCUT2D eigenvalue weighted by Crippen LogP contribution is -1.89. The Bertz CT molecular complexity index is 508. The highest BCUT2D eigenvalue weighted by Gasteiger charge is 1.96. The van der Waals surface area contributed by atoms with Crippen molar-refractivity contribution in [3.63, 3.8) is 0 Å². The van der Waals surface area contributed by atoms with Crippen LogP contribution in [0.2, 0.25) is 0 Å². The summed E-state index contributed by atoms with van der Waals surface area (Å²) < 4.78 is 5.20. The van der Waals surface area contributed by atoms with Crippen molar-refractivity contribution in [1.29, 1.82) is 0 Å². The number of carboxylic acids is 1. The standard InChI is InChI=1S/C12H10O3/c13-12(14)3-1-2-9-4-5-11-10(8-9)6-7-15-11/h1-2,4-8H,3H2,(H,13,14). The molecule has 0 unspecified atom stereocenters. The normalized spacial score (nSPS) is 11.2. The molecule has 1 heterocycles. The predicted molar refractivity (Wildman–Crippen MR) is 57.5 cm³/mol. The number of hydrogen-bond acceptors (Lipinski definition) is 2. The summed E-state index contributed by atoms with van der Waals surface area (Å²) in [6, 6.07) is 7.60. The van der Waals surface area contributed by atoms with Gasteiger partial charge in [0.05, 0.1) is 12.7 Å². The summed E-state index contributed by atoms with van der Waals surface area (Å²) in [6.07, 6.45) is 5.10. The zero-order chi connectivity index (χ0) is 10.7. The predicted octanol–water partition coefficient (Wildman–Crippen LogP) is 2.92. The maximum absolute atomic E-state index is 10.3. The topological polar surface area (TPSA) is 50.4 Å². The van der Waals surface area contributed by atoms with Crippen molar-refractivity contribution in [2.24, 2.45) is 0 Å². The van der Waals surface area contributed by atoms with Gasteiger partial charge in [-0.05, 0) is 23.8 Å². The fourth-order valence-electron chi connectivity index (χ4n) is 1.38. The molecule has 3 nitrogen and oxygen atoms in total. The number of carbonyl (C=O) groups is 1. The molecule has 2 aromatic rings. The fourth-order valence-corrected chi connectivity index (χ4v) is 1.38. The van der Waals surface area contributed by atoms with Crippen molar-refractivity contribution in [2.75, 3.05) is 0 Å². The van der Waals surface area contributed by atoms with E-state index in [1.807, 2.05) is 24.3 Å². The first kappa shape index (κ1) is 9.52. The maximum atomic E-state index is 10.3. The van der Waals surface area contributed by atoms with E-state index in [2.05, 4.69) is 0 Å². The molecule has 0 atom stereocenters. The van der Waals surface area contributed by atoms with Crippen LogP contribution in [0.5, 0.6) is 0 Å². The van der Waals surface area contributed by atoms with Gasteiger partial charge >= 0.3 is 5.97 Å². The molecule has 3 heteroatoms. The molecule has 0 bridgehead atoms. The monoisotopic (exact) mass is 202 g/mol. The summed E-state index contributed by atoms with van der Waals surface area (Å²) in [5.41, 5.74) is 1.82. The van der Waals surface area contributed by atoms with Gasteiger partial charge in [0.25, 0.3) is 0 Å². The SMILES string of the molecule is O=C(O)CC=Cc1ccc2occc2c1. The Labute approximate surface area is 86.6 Å². The van der Waals surface area contributed by atoms with E-state index in [9.17, 15) is 4.79 Å². The number of fused-ring (bicyclic) bond motifs is 1. The van der Waals surface area contributed by atoms with E-state index in [0.29, 0.717) is 0 Å². The van der Waals surface area contributed by atoms with Crippen molar-refractivity contribution in [3.8, 4) is 0 Å². The van der Waals surface area contributed by atoms with Crippen LogP contribution in [0.3, 0.4) is 0 Å². The average Bonchev–Trinajstić information content (AvgIpc) is 2.64. The highest BCUT2D eigenvalue weighted by atomic mass is 16.4. The Balaban J connectivity index is 2.21. The van der Waals surface area contributed by atoms with Gasteiger partial charge < -0.3 is 9.52 Å². The van der Waals surface area contributed by atoms with Gasteiger partial charge in [0.15, 0.2) is 0 Å². The summed E-state index contributed by atoms with van der Waals surface area (Å²) in [4.78, 5) is 10.3. The summed E-state index contributed by atoms with van der Waals surface area (Å²) in [5.74, 6) is -0.823. The van der Waals surface area contributed by atoms with E-state index in [4.69, 9.17) is 9.52 Å². The molecule has 0 aliphatic carbocycles. The van der Waals surface area contributed by atoms with Crippen LogP contribution in [0.1, 0.15) is 12.0 Å². The lowest BCUT2D eigenvalue weighted by molar-refractivity contribution is -0.135. The molecular formula is C12H10O3. The number of carboxylic acid groups (broad SMARTS) is 1. The van der Waals surface area contributed by atoms with Crippen molar-refractivity contribution in [3.05, 3.63) is 42.2 Å². The molecule has 0 amide bonds. The van der Waals surface area contributed by atoms with E-state index < -0.39 is 5.97 Å². The van der Waals surface area contributed by atoms with Crippen molar-refractivity contribution >= 4 is 23.0 Å². The fraction of sp³-hybridized carbons (Fsp3) is 0.0833. The van der Waals surface area contributed by atoms with Crippen molar-refractivity contribution in [2.45, 2.75) is 6.42 Å². The van der Waals surface area contributed by atoms with Gasteiger partial charge in [-0.15, -0.1) is 0 Å². The quantitative estimate of drug-likeness (QED) is 0.832. The van der Waals surface area contributed by atoms with Gasteiger partial charge in [0.2, 0.25) is 0 Å². The number of hydrogen-bond donors (Lipinski definition) is 1. The van der Waals surface area contributed by atoms with Crippen molar-refractivity contribution < 1.29 is 14.3 Å². The molecule has 0 saturated heterocycles. The van der Waals surface area contributed by atoms with E-state index in [-0.39, 0.29) is 6.42 Å². The second-order valence-electron chi connectivity index (χ2n) is 3.22. The molecule has 1 aromatic heterocycles. The zero-order valence-electron chi connectivity index (χ0n) is 8.01. The molecule has 0 saturated carbocycles. The Morgan fingerprint density at radius 2 is 2.27 bits per heavy atom. The van der Waals surface area contributed by atoms with E-state index >= 15 is 0 Å². The van der Waals surface area contributed by atoms with Gasteiger partial charge in [-0.2, -0.15) is 0 Å². The first-order valence-electron chi connectivity index (χ1n) is 4.61. The van der Waals surface area contributed by atoms with E-state index in [1.54, 1.807) is 18.4 Å². The Morgan fingerprint density at radius 1 is 1.40 bits per heavy atom. The Kier molecular flexibility index (Phi) is 2.54. The molecule has 76 valence electrons. The number of furan rings is 1. The Morgan fingerprint density at radius 3 is 3.07 bits per heavy atom. The molecule has 2 rings (SSSR count). The summed E-state index contributed by atoms with van der Waals surface area (Å²) in [7, 11) is 0. The van der Waals surface area contributed by atoms with Crippen LogP contribution >= 0.6 is 0 Å². The largest absolute Gasteiger partial charge is 0.481 e. The summed E-state index contributed by atoms with van der Waals surface area (Å²) in [6.45, 7) is 0. The minimum atomic E-state index is -0.823. The van der Waals surface area contributed by atoms with Crippen LogP contribution < -0.4 is 0 Å². The highest BCUT2D eigenvalue weighted by molar-refractivity contribution is 5.80. The minimum absolute atomic E-state index is 0.0451. The summed E-state index contributed by atoms with van der Waals surface area (Å²) in [5, 5.41) is 9.48. The van der Waals surface area contributed by atoms with Gasteiger partial charge in [-0.25, -0.2) is 0 Å². The molecule has 1 aromatic carbocycles. The Hall–Kier alpha value is -2.03. The minimum Gasteiger partial charge on any atom is -0.481 e. The molecule has 0 radical (unpaired) electrons. The first-order chi connectivity index (χ1) is 7.25. The zero-order valence-corrected chi connectivity index (χ0v) is 8.01. The average molecular weight is 202 g/mol. The van der Waals surface area contributed by atoms with Crippen molar-refractivity contribution in [1.82, 2.24) is 0 Å². The molecule has 1 N–H and O–H groups in total. The number of rotatable bonds is 3. The van der Waals surface area contributed by atoms with Gasteiger partial charge in [-0.3, -0.25) is 4.79 Å². The third kappa shape index (κ3) is 2.26. The highest BCUT2D eigenvalue weighted by Crippen LogP contribution is 2.17. The second-order valence-corrected chi connectivity index (χ2v) is 3.22. The van der Waals surface area contributed by atoms with Crippen LogP contribution in [0.15, 0.2) is 41.0 Å². The van der Waals surface area contributed by atoms with Gasteiger partial charge in [-0.1, -0.05) is 18.2 Å².